The van der Waals surface area contributed by atoms with Crippen molar-refractivity contribution < 1.29 is 27.8 Å². The predicted octanol–water partition coefficient (Wildman–Crippen LogP) is 2.15. The van der Waals surface area contributed by atoms with E-state index in [1.54, 1.807) is 26.1 Å². The summed E-state index contributed by atoms with van der Waals surface area (Å²) in [4.78, 5) is 13.1. The first-order chi connectivity index (χ1) is 10.2. The Hall–Kier alpha value is -1.96. The molecule has 8 heteroatoms. The maximum Gasteiger partial charge on any atom is 0.422 e. The number of rotatable bonds is 6. The van der Waals surface area contributed by atoms with Gasteiger partial charge < -0.3 is 20.1 Å². The molecular weight excluding hydrogens is 301 g/mol. The number of aliphatic hydroxyl groups is 1. The second-order valence-electron chi connectivity index (χ2n) is 4.85. The van der Waals surface area contributed by atoms with Crippen LogP contribution in [0, 0.1) is 0 Å². The number of halogens is 3. The topological polar surface area (TPSA) is 61.8 Å². The number of carbonyl (C=O) groups excluding carboxylic acids is 1. The first-order valence-corrected chi connectivity index (χ1v) is 6.63. The summed E-state index contributed by atoms with van der Waals surface area (Å²) in [6.45, 7) is 0.306. The minimum Gasteiger partial charge on any atom is -0.484 e. The van der Waals surface area contributed by atoms with Crippen LogP contribution in [0.4, 0.5) is 18.0 Å². The number of urea groups is 1. The number of alkyl halides is 3. The van der Waals surface area contributed by atoms with Gasteiger partial charge in [-0.05, 0) is 24.6 Å². The number of amides is 2. The number of carbonyl (C=O) groups is 1. The molecule has 0 saturated carbocycles. The predicted molar refractivity (Wildman–Crippen MR) is 74.5 cm³/mol. The standard InChI is InChI=1S/C14H19F3N2O3/c1-10(8-20)19(2)13(21)18-7-11-4-3-5-12(6-11)22-9-14(15,16)17/h3-6,10,20H,7-9H2,1-2H3,(H,18,21). The lowest BCUT2D eigenvalue weighted by Crippen LogP contribution is -2.43. The van der Waals surface area contributed by atoms with E-state index in [0.29, 0.717) is 5.56 Å². The molecule has 124 valence electrons. The SMILES string of the molecule is CC(CO)N(C)C(=O)NCc1cccc(OCC(F)(F)F)c1. The molecule has 0 aromatic heterocycles. The van der Waals surface area contributed by atoms with Crippen molar-refractivity contribution >= 4 is 6.03 Å². The van der Waals surface area contributed by atoms with E-state index in [1.807, 2.05) is 0 Å². The van der Waals surface area contributed by atoms with Crippen molar-refractivity contribution in [2.75, 3.05) is 20.3 Å². The van der Waals surface area contributed by atoms with Gasteiger partial charge in [0.1, 0.15) is 5.75 Å². The van der Waals surface area contributed by atoms with E-state index in [2.05, 4.69) is 10.1 Å². The number of ether oxygens (including phenoxy) is 1. The minimum atomic E-state index is -4.40. The van der Waals surface area contributed by atoms with E-state index in [4.69, 9.17) is 5.11 Å². The van der Waals surface area contributed by atoms with E-state index in [1.165, 1.54) is 17.0 Å². The van der Waals surface area contributed by atoms with E-state index in [9.17, 15) is 18.0 Å². The van der Waals surface area contributed by atoms with Gasteiger partial charge in [-0.25, -0.2) is 4.79 Å². The van der Waals surface area contributed by atoms with Gasteiger partial charge in [-0.15, -0.1) is 0 Å². The zero-order valence-electron chi connectivity index (χ0n) is 12.4. The molecule has 5 nitrogen and oxygen atoms in total. The third-order valence-corrected chi connectivity index (χ3v) is 2.99. The Bertz CT molecular complexity index is 494. The number of benzene rings is 1. The molecule has 0 aliphatic heterocycles. The molecule has 0 heterocycles. The highest BCUT2D eigenvalue weighted by Gasteiger charge is 2.28. The molecule has 0 aliphatic rings. The van der Waals surface area contributed by atoms with Gasteiger partial charge >= 0.3 is 12.2 Å². The smallest absolute Gasteiger partial charge is 0.422 e. The first kappa shape index (κ1) is 18.1. The Kier molecular flexibility index (Phi) is 6.48. The van der Waals surface area contributed by atoms with Crippen LogP contribution in [0.2, 0.25) is 0 Å². The zero-order valence-corrected chi connectivity index (χ0v) is 12.4. The summed E-state index contributed by atoms with van der Waals surface area (Å²) >= 11 is 0. The van der Waals surface area contributed by atoms with Crippen LogP contribution in [0.1, 0.15) is 12.5 Å². The fourth-order valence-corrected chi connectivity index (χ4v) is 1.54. The van der Waals surface area contributed by atoms with Crippen LogP contribution in [0.25, 0.3) is 0 Å². The van der Waals surface area contributed by atoms with E-state index >= 15 is 0 Å². The molecule has 22 heavy (non-hydrogen) atoms. The fraction of sp³-hybridized carbons (Fsp3) is 0.500. The lowest BCUT2D eigenvalue weighted by Gasteiger charge is -2.23. The molecule has 0 bridgehead atoms. The molecule has 1 aromatic carbocycles. The summed E-state index contributed by atoms with van der Waals surface area (Å²) in [7, 11) is 1.54. The van der Waals surface area contributed by atoms with Crippen LogP contribution in [0.5, 0.6) is 5.75 Å². The van der Waals surface area contributed by atoms with Gasteiger partial charge in [0.05, 0.1) is 12.6 Å². The maximum atomic E-state index is 12.1. The molecule has 0 fully saturated rings. The summed E-state index contributed by atoms with van der Waals surface area (Å²) in [6.07, 6.45) is -4.40. The summed E-state index contributed by atoms with van der Waals surface area (Å²) in [5.74, 6) is 0.0844. The fourth-order valence-electron chi connectivity index (χ4n) is 1.54. The summed E-state index contributed by atoms with van der Waals surface area (Å²) in [6, 6.07) is 5.34. The number of hydrogen-bond donors (Lipinski definition) is 2. The Morgan fingerprint density at radius 1 is 1.45 bits per heavy atom. The number of nitrogens with one attached hydrogen (secondary N) is 1. The molecular formula is C14H19F3N2O3. The molecule has 2 amide bonds. The maximum absolute atomic E-state index is 12.1. The monoisotopic (exact) mass is 320 g/mol. The van der Waals surface area contributed by atoms with Gasteiger partial charge in [0.2, 0.25) is 0 Å². The molecule has 1 aromatic rings. The number of hydrogen-bond acceptors (Lipinski definition) is 3. The lowest BCUT2D eigenvalue weighted by molar-refractivity contribution is -0.153. The van der Waals surface area contributed by atoms with Crippen molar-refractivity contribution in [3.05, 3.63) is 29.8 Å². The van der Waals surface area contributed by atoms with Gasteiger partial charge in [0.25, 0.3) is 0 Å². The number of aliphatic hydroxyl groups excluding tert-OH is 1. The number of likely N-dealkylation sites (N-methyl/N-ethyl adjacent to an activating group) is 1. The van der Waals surface area contributed by atoms with Gasteiger partial charge in [-0.1, -0.05) is 12.1 Å². The largest absolute Gasteiger partial charge is 0.484 e. The summed E-state index contributed by atoms with van der Waals surface area (Å²) in [5.41, 5.74) is 0.609. The van der Waals surface area contributed by atoms with Crippen LogP contribution in [-0.2, 0) is 6.54 Å². The van der Waals surface area contributed by atoms with Crippen LogP contribution in [0.3, 0.4) is 0 Å². The van der Waals surface area contributed by atoms with Crippen LogP contribution in [0.15, 0.2) is 24.3 Å². The molecule has 0 aliphatic carbocycles. The van der Waals surface area contributed by atoms with Crippen molar-refractivity contribution in [1.82, 2.24) is 10.2 Å². The Labute approximate surface area is 126 Å². The second-order valence-corrected chi connectivity index (χ2v) is 4.85. The lowest BCUT2D eigenvalue weighted by atomic mass is 10.2. The summed E-state index contributed by atoms with van der Waals surface area (Å²) < 4.78 is 40.9. The van der Waals surface area contributed by atoms with Crippen molar-refractivity contribution in [3.8, 4) is 5.75 Å². The molecule has 2 N–H and O–H groups in total. The highest BCUT2D eigenvalue weighted by Crippen LogP contribution is 2.19. The van der Waals surface area contributed by atoms with E-state index in [-0.39, 0.29) is 31.0 Å². The van der Waals surface area contributed by atoms with Crippen LogP contribution in [-0.4, -0.2) is 48.5 Å². The molecule has 0 saturated heterocycles. The van der Waals surface area contributed by atoms with E-state index in [0.717, 1.165) is 0 Å². The summed E-state index contributed by atoms with van der Waals surface area (Å²) in [5, 5.41) is 11.6. The Morgan fingerprint density at radius 3 is 2.73 bits per heavy atom. The average molecular weight is 320 g/mol. The third kappa shape index (κ3) is 6.21. The third-order valence-electron chi connectivity index (χ3n) is 2.99. The Morgan fingerprint density at radius 2 is 2.14 bits per heavy atom. The molecule has 1 atom stereocenters. The highest BCUT2D eigenvalue weighted by molar-refractivity contribution is 5.74. The van der Waals surface area contributed by atoms with Crippen LogP contribution < -0.4 is 10.1 Å². The molecule has 1 unspecified atom stereocenters. The van der Waals surface area contributed by atoms with Gasteiger partial charge in [-0.3, -0.25) is 0 Å². The van der Waals surface area contributed by atoms with Crippen molar-refractivity contribution in [3.63, 3.8) is 0 Å². The van der Waals surface area contributed by atoms with Crippen LogP contribution >= 0.6 is 0 Å². The molecule has 0 spiro atoms. The van der Waals surface area contributed by atoms with E-state index < -0.39 is 12.8 Å². The van der Waals surface area contributed by atoms with Crippen molar-refractivity contribution in [1.29, 1.82) is 0 Å². The average Bonchev–Trinajstić information content (AvgIpc) is 2.48. The highest BCUT2D eigenvalue weighted by atomic mass is 19.4. The molecule has 1 rings (SSSR count). The zero-order chi connectivity index (χ0) is 16.8. The van der Waals surface area contributed by atoms with Crippen molar-refractivity contribution in [2.45, 2.75) is 25.7 Å². The van der Waals surface area contributed by atoms with Gasteiger partial charge in [0, 0.05) is 13.6 Å². The minimum absolute atomic E-state index is 0.0844. The quantitative estimate of drug-likeness (QED) is 0.844. The number of nitrogens with zero attached hydrogens (tertiary/aromatic N) is 1. The molecule has 0 radical (unpaired) electrons. The van der Waals surface area contributed by atoms with Crippen molar-refractivity contribution in [2.24, 2.45) is 0 Å². The second kappa shape index (κ2) is 7.88. The van der Waals surface area contributed by atoms with Gasteiger partial charge in [0.15, 0.2) is 6.61 Å². The van der Waals surface area contributed by atoms with Gasteiger partial charge in [-0.2, -0.15) is 13.2 Å². The normalized spacial score (nSPS) is 12.6. The Balaban J connectivity index is 2.54. The first-order valence-electron chi connectivity index (χ1n) is 6.63.